The zero-order valence-corrected chi connectivity index (χ0v) is 19.4. The van der Waals surface area contributed by atoms with Gasteiger partial charge in [0.15, 0.2) is 0 Å². The molecular weight excluding hydrogens is 465 g/mol. The van der Waals surface area contributed by atoms with Crippen molar-refractivity contribution in [2.45, 2.75) is 12.5 Å². The Hall–Kier alpha value is -3.96. The molecule has 4 aromatic rings. The second-order valence-corrected chi connectivity index (χ2v) is 8.92. The third kappa shape index (κ3) is 4.43. The quantitative estimate of drug-likeness (QED) is 0.205. The molecule has 1 heterocycles. The summed E-state index contributed by atoms with van der Waals surface area (Å²) in [5.41, 5.74) is 1.98. The number of carbonyl (C=O) groups excluding carboxylic acids is 2. The van der Waals surface area contributed by atoms with Crippen molar-refractivity contribution in [1.29, 1.82) is 0 Å². The van der Waals surface area contributed by atoms with Gasteiger partial charge in [-0.2, -0.15) is 0 Å². The molecule has 1 fully saturated rings. The first-order valence-electron chi connectivity index (χ1n) is 11.2. The van der Waals surface area contributed by atoms with Gasteiger partial charge in [-0.3, -0.25) is 9.59 Å². The normalized spacial score (nSPS) is 17.3. The maximum atomic E-state index is 13.3. The minimum atomic E-state index is -0.779. The maximum absolute atomic E-state index is 13.3. The molecule has 174 valence electrons. The van der Waals surface area contributed by atoms with Gasteiger partial charge < -0.3 is 10.0 Å². The van der Waals surface area contributed by atoms with E-state index < -0.39 is 17.7 Å². The second kappa shape index (κ2) is 9.35. The molecule has 0 aliphatic carbocycles. The molecule has 0 spiro atoms. The third-order valence-corrected chi connectivity index (χ3v) is 6.56. The van der Waals surface area contributed by atoms with Crippen molar-refractivity contribution in [1.82, 2.24) is 4.90 Å². The zero-order chi connectivity index (χ0) is 24.5. The van der Waals surface area contributed by atoms with Gasteiger partial charge in [-0.15, -0.1) is 0 Å². The number of amides is 1. The van der Waals surface area contributed by atoms with E-state index in [1.165, 1.54) is 17.0 Å². The first kappa shape index (κ1) is 22.8. The molecule has 1 atom stereocenters. The van der Waals surface area contributed by atoms with Crippen molar-refractivity contribution in [2.24, 2.45) is 0 Å². The Balaban J connectivity index is 1.58. The number of aliphatic hydroxyl groups is 1. The molecule has 5 rings (SSSR count). The number of halogens is 2. The molecular formula is C29H21ClFNO3. The Morgan fingerprint density at radius 1 is 0.886 bits per heavy atom. The Labute approximate surface area is 206 Å². The van der Waals surface area contributed by atoms with Crippen LogP contribution in [0.3, 0.4) is 0 Å². The summed E-state index contributed by atoms with van der Waals surface area (Å²) in [6, 6.07) is 25.2. The SMILES string of the molecule is O=C1C(=O)N(CCc2ccc(F)cc2)C(c2ccc(Cl)cc2)/C1=C(/O)c1ccc2ccccc2c1. The minimum absolute atomic E-state index is 0.0340. The fourth-order valence-corrected chi connectivity index (χ4v) is 4.62. The number of fused-ring (bicyclic) bond motifs is 1. The lowest BCUT2D eigenvalue weighted by Crippen LogP contribution is -2.31. The molecule has 35 heavy (non-hydrogen) atoms. The van der Waals surface area contributed by atoms with Crippen LogP contribution in [0, 0.1) is 5.82 Å². The highest BCUT2D eigenvalue weighted by atomic mass is 35.5. The van der Waals surface area contributed by atoms with Gasteiger partial charge in [-0.1, -0.05) is 72.3 Å². The lowest BCUT2D eigenvalue weighted by molar-refractivity contribution is -0.139. The van der Waals surface area contributed by atoms with Crippen LogP contribution < -0.4 is 0 Å². The molecule has 1 aliphatic rings. The van der Waals surface area contributed by atoms with Gasteiger partial charge in [0.1, 0.15) is 11.6 Å². The van der Waals surface area contributed by atoms with Gasteiger partial charge in [0.25, 0.3) is 11.7 Å². The first-order chi connectivity index (χ1) is 16.9. The Bertz CT molecular complexity index is 1460. The second-order valence-electron chi connectivity index (χ2n) is 8.48. The van der Waals surface area contributed by atoms with Crippen LogP contribution in [0.1, 0.15) is 22.7 Å². The lowest BCUT2D eigenvalue weighted by Gasteiger charge is -2.25. The van der Waals surface area contributed by atoms with Crippen LogP contribution in [0.4, 0.5) is 4.39 Å². The fourth-order valence-electron chi connectivity index (χ4n) is 4.50. The van der Waals surface area contributed by atoms with Gasteiger partial charge in [-0.25, -0.2) is 4.39 Å². The number of aliphatic hydroxyl groups excluding tert-OH is 1. The van der Waals surface area contributed by atoms with Crippen molar-refractivity contribution in [3.05, 3.63) is 124 Å². The van der Waals surface area contributed by atoms with Crippen LogP contribution in [-0.4, -0.2) is 28.2 Å². The van der Waals surface area contributed by atoms with Gasteiger partial charge in [0.2, 0.25) is 0 Å². The van der Waals surface area contributed by atoms with Crippen LogP contribution in [0.2, 0.25) is 5.02 Å². The molecule has 1 amide bonds. The average molecular weight is 486 g/mol. The van der Waals surface area contributed by atoms with Crippen molar-refractivity contribution >= 4 is 39.8 Å². The zero-order valence-electron chi connectivity index (χ0n) is 18.6. The Kier molecular flexibility index (Phi) is 6.10. The molecule has 1 N–H and O–H groups in total. The Morgan fingerprint density at radius 2 is 1.57 bits per heavy atom. The maximum Gasteiger partial charge on any atom is 0.295 e. The largest absolute Gasteiger partial charge is 0.507 e. The van der Waals surface area contributed by atoms with Crippen LogP contribution in [0.5, 0.6) is 0 Å². The summed E-state index contributed by atoms with van der Waals surface area (Å²) < 4.78 is 13.3. The highest BCUT2D eigenvalue weighted by Gasteiger charge is 2.45. The van der Waals surface area contributed by atoms with Crippen molar-refractivity contribution in [3.8, 4) is 0 Å². The van der Waals surface area contributed by atoms with E-state index in [0.717, 1.165) is 16.3 Å². The number of hydrogen-bond donors (Lipinski definition) is 1. The number of benzene rings is 4. The number of carbonyl (C=O) groups is 2. The van der Waals surface area contributed by atoms with E-state index in [2.05, 4.69) is 0 Å². The van der Waals surface area contributed by atoms with Crippen molar-refractivity contribution < 1.29 is 19.1 Å². The predicted octanol–water partition coefficient (Wildman–Crippen LogP) is 6.30. The van der Waals surface area contributed by atoms with Crippen LogP contribution in [-0.2, 0) is 16.0 Å². The monoisotopic (exact) mass is 485 g/mol. The first-order valence-corrected chi connectivity index (χ1v) is 11.6. The molecule has 1 saturated heterocycles. The molecule has 4 aromatic carbocycles. The minimum Gasteiger partial charge on any atom is -0.507 e. The van der Waals surface area contributed by atoms with E-state index in [4.69, 9.17) is 11.6 Å². The smallest absolute Gasteiger partial charge is 0.295 e. The molecule has 1 unspecified atom stereocenters. The molecule has 6 heteroatoms. The molecule has 4 nitrogen and oxygen atoms in total. The summed E-state index contributed by atoms with van der Waals surface area (Å²) in [6.45, 7) is 0.220. The average Bonchev–Trinajstić information content (AvgIpc) is 3.13. The fraction of sp³-hybridized carbons (Fsp3) is 0.103. The highest BCUT2D eigenvalue weighted by molar-refractivity contribution is 6.46. The molecule has 1 aliphatic heterocycles. The number of hydrogen-bond acceptors (Lipinski definition) is 3. The van der Waals surface area contributed by atoms with E-state index >= 15 is 0 Å². The molecule has 0 bridgehead atoms. The topological polar surface area (TPSA) is 57.6 Å². The van der Waals surface area contributed by atoms with Gasteiger partial charge in [0, 0.05) is 17.1 Å². The molecule has 0 aromatic heterocycles. The highest BCUT2D eigenvalue weighted by Crippen LogP contribution is 2.40. The van der Waals surface area contributed by atoms with Gasteiger partial charge in [-0.05, 0) is 58.7 Å². The summed E-state index contributed by atoms with van der Waals surface area (Å²) in [7, 11) is 0. The predicted molar refractivity (Wildman–Crippen MR) is 135 cm³/mol. The summed E-state index contributed by atoms with van der Waals surface area (Å²) in [4.78, 5) is 27.8. The number of ketones is 1. The van der Waals surface area contributed by atoms with E-state index in [-0.39, 0.29) is 23.7 Å². The summed E-state index contributed by atoms with van der Waals surface area (Å²) in [5, 5.41) is 13.7. The van der Waals surface area contributed by atoms with Crippen LogP contribution in [0.25, 0.3) is 16.5 Å². The summed E-state index contributed by atoms with van der Waals surface area (Å²) in [6.07, 6.45) is 0.424. The molecule has 0 radical (unpaired) electrons. The summed E-state index contributed by atoms with van der Waals surface area (Å²) in [5.74, 6) is -1.99. The van der Waals surface area contributed by atoms with Gasteiger partial charge in [0.05, 0.1) is 11.6 Å². The van der Waals surface area contributed by atoms with E-state index in [9.17, 15) is 19.1 Å². The van der Waals surface area contributed by atoms with E-state index in [1.54, 1.807) is 48.5 Å². The number of Topliss-reactive ketones (excluding diaryl/α,β-unsaturated/α-hetero) is 1. The van der Waals surface area contributed by atoms with Crippen molar-refractivity contribution in [3.63, 3.8) is 0 Å². The summed E-state index contributed by atoms with van der Waals surface area (Å²) >= 11 is 6.08. The standard InChI is InChI=1S/C29H21ClFNO3/c30-23-11-9-20(10-12-23)26-25(27(33)22-8-7-19-3-1-2-4-21(19)17-22)28(34)29(35)32(26)16-15-18-5-13-24(31)14-6-18/h1-14,17,26,33H,15-16H2/b27-25-. The number of rotatable bonds is 5. The lowest BCUT2D eigenvalue weighted by atomic mass is 9.94. The van der Waals surface area contributed by atoms with E-state index in [0.29, 0.717) is 22.6 Å². The van der Waals surface area contributed by atoms with Crippen molar-refractivity contribution in [2.75, 3.05) is 6.54 Å². The van der Waals surface area contributed by atoms with E-state index in [1.807, 2.05) is 30.3 Å². The number of nitrogens with zero attached hydrogens (tertiary/aromatic N) is 1. The van der Waals surface area contributed by atoms with Crippen LogP contribution >= 0.6 is 11.6 Å². The number of likely N-dealkylation sites (tertiary alicyclic amines) is 1. The molecule has 0 saturated carbocycles. The van der Waals surface area contributed by atoms with Crippen LogP contribution in [0.15, 0.2) is 96.6 Å². The van der Waals surface area contributed by atoms with Gasteiger partial charge >= 0.3 is 0 Å². The third-order valence-electron chi connectivity index (χ3n) is 6.30. The Morgan fingerprint density at radius 3 is 2.29 bits per heavy atom.